The highest BCUT2D eigenvalue weighted by atomic mass is 16.7. The van der Waals surface area contributed by atoms with Gasteiger partial charge in [0.25, 0.3) is 0 Å². The molecule has 6 heteroatoms. The molecule has 2 heterocycles. The molecule has 21 heavy (non-hydrogen) atoms. The molecular formula is C15H18BNO4. The lowest BCUT2D eigenvalue weighted by molar-refractivity contribution is 0.00578. The number of benzene rings is 1. The second-order valence-corrected chi connectivity index (χ2v) is 6.42. The fourth-order valence-electron chi connectivity index (χ4n) is 2.40. The van der Waals surface area contributed by atoms with Crippen LogP contribution in [0.2, 0.25) is 0 Å². The van der Waals surface area contributed by atoms with E-state index in [-0.39, 0.29) is 11.2 Å². The van der Waals surface area contributed by atoms with Crippen molar-refractivity contribution in [3.05, 3.63) is 30.6 Å². The first-order valence-corrected chi connectivity index (χ1v) is 6.90. The minimum atomic E-state index is -0.997. The van der Waals surface area contributed by atoms with Gasteiger partial charge in [-0.05, 0) is 43.9 Å². The number of fused-ring (bicyclic) bond motifs is 1. The maximum absolute atomic E-state index is 11.0. The van der Waals surface area contributed by atoms with Gasteiger partial charge in [-0.3, -0.25) is 4.57 Å². The zero-order chi connectivity index (χ0) is 15.4. The minimum Gasteiger partial charge on any atom is -0.464 e. The predicted octanol–water partition coefficient (Wildman–Crippen LogP) is 2.47. The summed E-state index contributed by atoms with van der Waals surface area (Å²) in [6, 6.07) is 5.71. The van der Waals surface area contributed by atoms with Crippen LogP contribution in [0.3, 0.4) is 0 Å². The molecule has 1 fully saturated rings. The molecule has 1 aromatic heterocycles. The van der Waals surface area contributed by atoms with Crippen molar-refractivity contribution in [2.24, 2.45) is 0 Å². The van der Waals surface area contributed by atoms with Crippen LogP contribution in [0.4, 0.5) is 4.79 Å². The van der Waals surface area contributed by atoms with Crippen molar-refractivity contribution in [1.82, 2.24) is 4.57 Å². The van der Waals surface area contributed by atoms with E-state index in [4.69, 9.17) is 14.4 Å². The molecule has 1 saturated heterocycles. The highest BCUT2D eigenvalue weighted by Crippen LogP contribution is 2.36. The number of hydrogen-bond donors (Lipinski definition) is 1. The molecule has 1 aliphatic heterocycles. The van der Waals surface area contributed by atoms with Gasteiger partial charge in [0.2, 0.25) is 0 Å². The quantitative estimate of drug-likeness (QED) is 0.818. The largest absolute Gasteiger partial charge is 0.494 e. The fourth-order valence-corrected chi connectivity index (χ4v) is 2.40. The Bertz CT molecular complexity index is 704. The highest BCUT2D eigenvalue weighted by molar-refractivity contribution is 6.62. The van der Waals surface area contributed by atoms with Crippen molar-refractivity contribution in [2.45, 2.75) is 38.9 Å². The summed E-state index contributed by atoms with van der Waals surface area (Å²) in [5.74, 6) is 0. The van der Waals surface area contributed by atoms with E-state index in [1.807, 2.05) is 45.9 Å². The third-order valence-corrected chi connectivity index (χ3v) is 4.41. The van der Waals surface area contributed by atoms with Crippen LogP contribution in [0.1, 0.15) is 27.7 Å². The van der Waals surface area contributed by atoms with Crippen molar-refractivity contribution in [2.75, 3.05) is 0 Å². The standard InChI is InChI=1S/C15H18BNO4/c1-14(2)15(3,4)21-16(20-14)12-6-5-10-8-17(13(18)19)9-11(10)7-12/h5-9H,1-4H3,(H,18,19). The van der Waals surface area contributed by atoms with Gasteiger partial charge < -0.3 is 14.4 Å². The summed E-state index contributed by atoms with van der Waals surface area (Å²) in [6.45, 7) is 8.03. The Hall–Kier alpha value is -1.79. The molecule has 0 spiro atoms. The maximum Gasteiger partial charge on any atom is 0.494 e. The van der Waals surface area contributed by atoms with Gasteiger partial charge in [-0.15, -0.1) is 0 Å². The highest BCUT2D eigenvalue weighted by Gasteiger charge is 2.51. The van der Waals surface area contributed by atoms with E-state index in [1.54, 1.807) is 12.4 Å². The normalized spacial score (nSPS) is 20.1. The van der Waals surface area contributed by atoms with E-state index >= 15 is 0 Å². The molecule has 0 radical (unpaired) electrons. The van der Waals surface area contributed by atoms with Crippen molar-refractivity contribution in [3.63, 3.8) is 0 Å². The predicted molar refractivity (Wildman–Crippen MR) is 81.1 cm³/mol. The number of carbonyl (C=O) groups is 1. The summed E-state index contributed by atoms with van der Waals surface area (Å²) in [5.41, 5.74) is 0.114. The summed E-state index contributed by atoms with van der Waals surface area (Å²) in [5, 5.41) is 10.7. The zero-order valence-corrected chi connectivity index (χ0v) is 12.6. The number of carboxylic acid groups (broad SMARTS) is 1. The summed E-state index contributed by atoms with van der Waals surface area (Å²) >= 11 is 0. The van der Waals surface area contributed by atoms with Crippen molar-refractivity contribution in [3.8, 4) is 0 Å². The smallest absolute Gasteiger partial charge is 0.464 e. The van der Waals surface area contributed by atoms with Gasteiger partial charge in [0.05, 0.1) is 11.2 Å². The maximum atomic E-state index is 11.0. The van der Waals surface area contributed by atoms with E-state index in [0.717, 1.165) is 20.8 Å². The second kappa shape index (κ2) is 4.35. The molecular weight excluding hydrogens is 269 g/mol. The molecule has 110 valence electrons. The summed E-state index contributed by atoms with van der Waals surface area (Å²) in [6.07, 6.45) is 2.18. The Morgan fingerprint density at radius 1 is 1.10 bits per heavy atom. The van der Waals surface area contributed by atoms with Crippen molar-refractivity contribution < 1.29 is 19.2 Å². The minimum absolute atomic E-state index is 0.389. The first-order valence-electron chi connectivity index (χ1n) is 6.90. The van der Waals surface area contributed by atoms with Gasteiger partial charge in [0, 0.05) is 12.4 Å². The van der Waals surface area contributed by atoms with E-state index in [2.05, 4.69) is 0 Å². The Balaban J connectivity index is 1.97. The Morgan fingerprint density at radius 3 is 2.24 bits per heavy atom. The summed E-state index contributed by atoms with van der Waals surface area (Å²) in [7, 11) is -0.437. The van der Waals surface area contributed by atoms with E-state index in [1.165, 1.54) is 0 Å². The van der Waals surface area contributed by atoms with Crippen LogP contribution in [0.5, 0.6) is 0 Å². The van der Waals surface area contributed by atoms with Crippen LogP contribution in [-0.2, 0) is 9.31 Å². The van der Waals surface area contributed by atoms with Gasteiger partial charge >= 0.3 is 13.2 Å². The van der Waals surface area contributed by atoms with Gasteiger partial charge in [0.15, 0.2) is 0 Å². The Morgan fingerprint density at radius 2 is 1.67 bits per heavy atom. The first kappa shape index (κ1) is 14.2. The molecule has 0 saturated carbocycles. The molecule has 1 aliphatic rings. The van der Waals surface area contributed by atoms with E-state index in [0.29, 0.717) is 0 Å². The number of aromatic nitrogens is 1. The molecule has 0 unspecified atom stereocenters. The van der Waals surface area contributed by atoms with Crippen LogP contribution >= 0.6 is 0 Å². The summed E-state index contributed by atoms with van der Waals surface area (Å²) < 4.78 is 13.2. The van der Waals surface area contributed by atoms with Gasteiger partial charge in [0.1, 0.15) is 0 Å². The average molecular weight is 287 g/mol. The van der Waals surface area contributed by atoms with Crippen LogP contribution in [0.25, 0.3) is 10.8 Å². The molecule has 2 aromatic rings. The molecule has 0 bridgehead atoms. The number of nitrogens with zero attached hydrogens (tertiary/aromatic N) is 1. The Kier molecular flexibility index (Phi) is 2.94. The molecule has 1 N–H and O–H groups in total. The monoisotopic (exact) mass is 287 g/mol. The van der Waals surface area contributed by atoms with Gasteiger partial charge in [-0.2, -0.15) is 0 Å². The average Bonchev–Trinajstić information content (AvgIpc) is 2.88. The Labute approximate surface area is 123 Å². The topological polar surface area (TPSA) is 60.7 Å². The van der Waals surface area contributed by atoms with Crippen molar-refractivity contribution >= 4 is 29.4 Å². The zero-order valence-electron chi connectivity index (χ0n) is 12.6. The molecule has 0 amide bonds. The lowest BCUT2D eigenvalue weighted by Crippen LogP contribution is -2.41. The molecule has 0 aliphatic carbocycles. The van der Waals surface area contributed by atoms with Crippen LogP contribution in [0.15, 0.2) is 30.6 Å². The third-order valence-electron chi connectivity index (χ3n) is 4.41. The number of rotatable bonds is 1. The van der Waals surface area contributed by atoms with Crippen molar-refractivity contribution in [1.29, 1.82) is 0 Å². The lowest BCUT2D eigenvalue weighted by atomic mass is 9.78. The van der Waals surface area contributed by atoms with E-state index in [9.17, 15) is 4.79 Å². The van der Waals surface area contributed by atoms with Gasteiger partial charge in [-0.25, -0.2) is 4.79 Å². The van der Waals surface area contributed by atoms with E-state index < -0.39 is 13.2 Å². The lowest BCUT2D eigenvalue weighted by Gasteiger charge is -2.32. The third kappa shape index (κ3) is 2.24. The van der Waals surface area contributed by atoms with Gasteiger partial charge in [-0.1, -0.05) is 18.2 Å². The second-order valence-electron chi connectivity index (χ2n) is 6.42. The number of hydrogen-bond acceptors (Lipinski definition) is 3. The summed E-state index contributed by atoms with van der Waals surface area (Å²) in [4.78, 5) is 11.0. The first-order chi connectivity index (χ1) is 9.69. The fraction of sp³-hybridized carbons (Fsp3) is 0.400. The SMILES string of the molecule is CC1(C)OB(c2ccc3cn(C(=O)O)cc3c2)OC1(C)C. The molecule has 1 aromatic carbocycles. The molecule has 3 rings (SSSR count). The molecule has 5 nitrogen and oxygen atoms in total. The van der Waals surface area contributed by atoms with Crippen LogP contribution < -0.4 is 5.46 Å². The van der Waals surface area contributed by atoms with Crippen LogP contribution in [0, 0.1) is 0 Å². The van der Waals surface area contributed by atoms with Crippen LogP contribution in [-0.4, -0.2) is 34.1 Å². The molecule has 0 atom stereocenters.